The van der Waals surface area contributed by atoms with Crippen LogP contribution in [0.5, 0.6) is 5.75 Å². The first kappa shape index (κ1) is 20.5. The van der Waals surface area contributed by atoms with Gasteiger partial charge in [-0.3, -0.25) is 4.79 Å². The second-order valence-electron chi connectivity index (χ2n) is 6.00. The summed E-state index contributed by atoms with van der Waals surface area (Å²) < 4.78 is 23.9. The third kappa shape index (κ3) is 4.81. The molecule has 0 aliphatic rings. The Bertz CT molecular complexity index is 1010. The van der Waals surface area contributed by atoms with E-state index in [1.807, 2.05) is 6.92 Å². The fourth-order valence-electron chi connectivity index (χ4n) is 2.77. The van der Waals surface area contributed by atoms with E-state index < -0.39 is 5.97 Å². The second kappa shape index (κ2) is 9.34. The average Bonchev–Trinajstić information content (AvgIpc) is 3.13. The van der Waals surface area contributed by atoms with E-state index in [9.17, 15) is 14.0 Å². The molecule has 150 valence electrons. The lowest BCUT2D eigenvalue weighted by Gasteiger charge is -2.10. The monoisotopic (exact) mass is 413 g/mol. The molecular weight excluding hydrogens is 393 g/mol. The standard InChI is InChI=1S/C22H20FNO4S/c1-3-27-17-7-5-6-15(12-17)20(25)24-21-19(22(26)28-4-2)18(13-29-21)14-8-10-16(23)11-9-14/h5-13H,3-4H2,1-2H3,(H,24,25). The summed E-state index contributed by atoms with van der Waals surface area (Å²) in [5, 5.41) is 4.90. The highest BCUT2D eigenvalue weighted by atomic mass is 32.1. The van der Waals surface area contributed by atoms with Gasteiger partial charge in [-0.1, -0.05) is 18.2 Å². The number of benzene rings is 2. The van der Waals surface area contributed by atoms with Crippen molar-refractivity contribution in [3.05, 3.63) is 70.9 Å². The summed E-state index contributed by atoms with van der Waals surface area (Å²) in [6.45, 7) is 4.26. The van der Waals surface area contributed by atoms with Crippen LogP contribution in [0.1, 0.15) is 34.6 Å². The normalized spacial score (nSPS) is 10.4. The molecule has 0 radical (unpaired) electrons. The molecule has 3 aromatic rings. The number of rotatable bonds is 7. The van der Waals surface area contributed by atoms with Crippen LogP contribution >= 0.6 is 11.3 Å². The molecule has 5 nitrogen and oxygen atoms in total. The molecule has 1 N–H and O–H groups in total. The number of hydrogen-bond donors (Lipinski definition) is 1. The topological polar surface area (TPSA) is 64.6 Å². The minimum atomic E-state index is -0.550. The van der Waals surface area contributed by atoms with Crippen LogP contribution in [0.2, 0.25) is 0 Å². The maximum Gasteiger partial charge on any atom is 0.341 e. The second-order valence-corrected chi connectivity index (χ2v) is 6.88. The lowest BCUT2D eigenvalue weighted by molar-refractivity contribution is 0.0529. The predicted octanol–water partition coefficient (Wildman–Crippen LogP) is 5.38. The van der Waals surface area contributed by atoms with E-state index >= 15 is 0 Å². The van der Waals surface area contributed by atoms with E-state index in [1.54, 1.807) is 48.7 Å². The predicted molar refractivity (Wildman–Crippen MR) is 111 cm³/mol. The van der Waals surface area contributed by atoms with E-state index in [1.165, 1.54) is 23.5 Å². The Morgan fingerprint density at radius 3 is 2.52 bits per heavy atom. The number of halogens is 1. The smallest absolute Gasteiger partial charge is 0.341 e. The van der Waals surface area contributed by atoms with E-state index in [2.05, 4.69) is 5.32 Å². The van der Waals surface area contributed by atoms with Gasteiger partial charge in [-0.15, -0.1) is 11.3 Å². The van der Waals surface area contributed by atoms with Gasteiger partial charge in [-0.05, 0) is 49.7 Å². The molecule has 0 aliphatic carbocycles. The molecule has 29 heavy (non-hydrogen) atoms. The molecule has 3 rings (SSSR count). The first-order valence-electron chi connectivity index (χ1n) is 9.12. The maximum atomic E-state index is 13.3. The van der Waals surface area contributed by atoms with Crippen LogP contribution in [0.15, 0.2) is 53.9 Å². The van der Waals surface area contributed by atoms with Crippen molar-refractivity contribution >= 4 is 28.2 Å². The molecule has 2 aromatic carbocycles. The van der Waals surface area contributed by atoms with Gasteiger partial charge < -0.3 is 14.8 Å². The van der Waals surface area contributed by atoms with Gasteiger partial charge >= 0.3 is 5.97 Å². The summed E-state index contributed by atoms with van der Waals surface area (Å²) in [6.07, 6.45) is 0. The Balaban J connectivity index is 1.94. The molecule has 0 saturated heterocycles. The van der Waals surface area contributed by atoms with E-state index in [-0.39, 0.29) is 23.9 Å². The highest BCUT2D eigenvalue weighted by Crippen LogP contribution is 2.36. The van der Waals surface area contributed by atoms with Crippen molar-refractivity contribution in [1.82, 2.24) is 0 Å². The SMILES string of the molecule is CCOC(=O)c1c(-c2ccc(F)cc2)csc1NC(=O)c1cccc(OCC)c1. The van der Waals surface area contributed by atoms with Crippen LogP contribution in [0, 0.1) is 5.82 Å². The molecule has 1 amide bonds. The van der Waals surface area contributed by atoms with Crippen molar-refractivity contribution in [1.29, 1.82) is 0 Å². The Labute approximate surface area is 172 Å². The molecule has 0 atom stereocenters. The molecular formula is C22H20FNO4S. The zero-order chi connectivity index (χ0) is 20.8. The molecule has 0 unspecified atom stereocenters. The number of amides is 1. The molecule has 0 fully saturated rings. The molecule has 1 aromatic heterocycles. The third-order valence-electron chi connectivity index (χ3n) is 4.06. The van der Waals surface area contributed by atoms with Gasteiger partial charge in [-0.25, -0.2) is 9.18 Å². The quantitative estimate of drug-likeness (QED) is 0.528. The Morgan fingerprint density at radius 2 is 1.83 bits per heavy atom. The average molecular weight is 413 g/mol. The Morgan fingerprint density at radius 1 is 1.07 bits per heavy atom. The van der Waals surface area contributed by atoms with Crippen molar-refractivity contribution in [3.63, 3.8) is 0 Å². The molecule has 7 heteroatoms. The minimum absolute atomic E-state index is 0.196. The van der Waals surface area contributed by atoms with Gasteiger partial charge in [0.05, 0.1) is 13.2 Å². The van der Waals surface area contributed by atoms with Gasteiger partial charge in [0.25, 0.3) is 5.91 Å². The largest absolute Gasteiger partial charge is 0.494 e. The van der Waals surface area contributed by atoms with Crippen molar-refractivity contribution in [2.75, 3.05) is 18.5 Å². The molecule has 0 saturated carbocycles. The van der Waals surface area contributed by atoms with Crippen LogP contribution in [0.25, 0.3) is 11.1 Å². The summed E-state index contributed by atoms with van der Waals surface area (Å²) in [6, 6.07) is 12.6. The van der Waals surface area contributed by atoms with Gasteiger partial charge in [0.15, 0.2) is 0 Å². The number of hydrogen-bond acceptors (Lipinski definition) is 5. The molecule has 0 spiro atoms. The number of nitrogens with one attached hydrogen (secondary N) is 1. The summed E-state index contributed by atoms with van der Waals surface area (Å²) in [5.41, 5.74) is 1.89. The van der Waals surface area contributed by atoms with Gasteiger partial charge in [0.1, 0.15) is 22.1 Å². The third-order valence-corrected chi connectivity index (χ3v) is 4.96. The minimum Gasteiger partial charge on any atom is -0.494 e. The molecule has 1 heterocycles. The number of thiophene rings is 1. The fourth-order valence-corrected chi connectivity index (χ4v) is 3.72. The maximum absolute atomic E-state index is 13.3. The van der Waals surface area contributed by atoms with Gasteiger partial charge in [0, 0.05) is 16.5 Å². The number of carbonyl (C=O) groups is 2. The number of esters is 1. The molecule has 0 bridgehead atoms. The summed E-state index contributed by atoms with van der Waals surface area (Å²) in [4.78, 5) is 25.3. The first-order valence-corrected chi connectivity index (χ1v) is 10.00. The van der Waals surface area contributed by atoms with Gasteiger partial charge in [-0.2, -0.15) is 0 Å². The summed E-state index contributed by atoms with van der Waals surface area (Å²) in [7, 11) is 0. The van der Waals surface area contributed by atoms with Crippen LogP contribution < -0.4 is 10.1 Å². The Hall–Kier alpha value is -3.19. The van der Waals surface area contributed by atoms with E-state index in [0.717, 1.165) is 0 Å². The first-order chi connectivity index (χ1) is 14.0. The lowest BCUT2D eigenvalue weighted by atomic mass is 10.0. The molecule has 0 aliphatic heterocycles. The van der Waals surface area contributed by atoms with Gasteiger partial charge in [0.2, 0.25) is 0 Å². The van der Waals surface area contributed by atoms with Crippen LogP contribution in [0.4, 0.5) is 9.39 Å². The Kier molecular flexibility index (Phi) is 6.61. The highest BCUT2D eigenvalue weighted by molar-refractivity contribution is 7.15. The van der Waals surface area contributed by atoms with E-state index in [4.69, 9.17) is 9.47 Å². The van der Waals surface area contributed by atoms with Crippen molar-refractivity contribution in [3.8, 4) is 16.9 Å². The number of carbonyl (C=O) groups excluding carboxylic acids is 2. The number of ether oxygens (including phenoxy) is 2. The summed E-state index contributed by atoms with van der Waals surface area (Å²) in [5.74, 6) is -0.704. The summed E-state index contributed by atoms with van der Waals surface area (Å²) >= 11 is 1.21. The zero-order valence-electron chi connectivity index (χ0n) is 16.0. The van der Waals surface area contributed by atoms with Crippen molar-refractivity contribution in [2.24, 2.45) is 0 Å². The van der Waals surface area contributed by atoms with Crippen molar-refractivity contribution < 1.29 is 23.5 Å². The fraction of sp³-hybridized carbons (Fsp3) is 0.182. The van der Waals surface area contributed by atoms with Crippen LogP contribution in [-0.2, 0) is 4.74 Å². The van der Waals surface area contributed by atoms with Crippen molar-refractivity contribution in [2.45, 2.75) is 13.8 Å². The van der Waals surface area contributed by atoms with Crippen LogP contribution in [-0.4, -0.2) is 25.1 Å². The number of anilines is 1. The highest BCUT2D eigenvalue weighted by Gasteiger charge is 2.23. The lowest BCUT2D eigenvalue weighted by Crippen LogP contribution is -2.15. The zero-order valence-corrected chi connectivity index (χ0v) is 16.8. The van der Waals surface area contributed by atoms with Crippen LogP contribution in [0.3, 0.4) is 0 Å². The van der Waals surface area contributed by atoms with E-state index in [0.29, 0.717) is 34.0 Å².